The molecule has 2 aromatic heterocycles. The second-order valence-corrected chi connectivity index (χ2v) is 7.44. The van der Waals surface area contributed by atoms with Crippen molar-refractivity contribution in [1.82, 2.24) is 20.5 Å². The van der Waals surface area contributed by atoms with Gasteiger partial charge in [0.15, 0.2) is 29.0 Å². The largest absolute Gasteiger partial charge is 0.443 e. The van der Waals surface area contributed by atoms with Crippen molar-refractivity contribution in [2.75, 3.05) is 5.32 Å². The van der Waals surface area contributed by atoms with Crippen LogP contribution in [0.5, 0.6) is 0 Å². The highest BCUT2D eigenvalue weighted by molar-refractivity contribution is 6.34. The minimum atomic E-state index is -1.24. The summed E-state index contributed by atoms with van der Waals surface area (Å²) in [7, 11) is 0. The van der Waals surface area contributed by atoms with Crippen molar-refractivity contribution >= 4 is 29.2 Å². The number of nitrogens with one attached hydrogen (secondary N) is 3. The SMILES string of the molecule is Cc1nc(-c2ccccc2F)c(CNC(=O)c2cc(NC(=O)c3cc(F)c(F)cc3Cl)[nH]n2)o1. The van der Waals surface area contributed by atoms with E-state index in [1.54, 1.807) is 25.1 Å². The van der Waals surface area contributed by atoms with Crippen molar-refractivity contribution in [3.05, 3.63) is 87.8 Å². The fourth-order valence-corrected chi connectivity index (χ4v) is 3.33. The number of carbonyl (C=O) groups is 2. The van der Waals surface area contributed by atoms with E-state index in [0.717, 1.165) is 0 Å². The molecule has 0 aliphatic heterocycles. The summed E-state index contributed by atoms with van der Waals surface area (Å²) in [5.41, 5.74) is 0.0939. The van der Waals surface area contributed by atoms with Gasteiger partial charge in [0.2, 0.25) is 0 Å². The lowest BCUT2D eigenvalue weighted by Gasteiger charge is -2.05. The number of aryl methyl sites for hydroxylation is 1. The number of hydrogen-bond donors (Lipinski definition) is 3. The summed E-state index contributed by atoms with van der Waals surface area (Å²) in [6.07, 6.45) is 0. The van der Waals surface area contributed by atoms with Crippen LogP contribution in [0.2, 0.25) is 5.02 Å². The van der Waals surface area contributed by atoms with Gasteiger partial charge in [0.05, 0.1) is 17.1 Å². The number of H-pyrrole nitrogens is 1. The van der Waals surface area contributed by atoms with Gasteiger partial charge in [-0.3, -0.25) is 14.7 Å². The fraction of sp³-hybridized carbons (Fsp3) is 0.0909. The Kier molecular flexibility index (Phi) is 6.37. The first kappa shape index (κ1) is 23.1. The first-order chi connectivity index (χ1) is 16.2. The van der Waals surface area contributed by atoms with E-state index >= 15 is 0 Å². The summed E-state index contributed by atoms with van der Waals surface area (Å²) >= 11 is 5.79. The maximum Gasteiger partial charge on any atom is 0.272 e. The van der Waals surface area contributed by atoms with E-state index in [4.69, 9.17) is 16.0 Å². The van der Waals surface area contributed by atoms with Gasteiger partial charge in [0, 0.05) is 18.6 Å². The monoisotopic (exact) mass is 489 g/mol. The lowest BCUT2D eigenvalue weighted by Crippen LogP contribution is -2.23. The van der Waals surface area contributed by atoms with Crippen molar-refractivity contribution < 1.29 is 27.2 Å². The molecule has 0 bridgehead atoms. The Morgan fingerprint density at radius 3 is 2.56 bits per heavy atom. The predicted octanol–water partition coefficient (Wildman–Crippen LogP) is 4.63. The number of halogens is 4. The summed E-state index contributed by atoms with van der Waals surface area (Å²) in [6.45, 7) is 1.49. The lowest BCUT2D eigenvalue weighted by atomic mass is 10.1. The minimum absolute atomic E-state index is 0.0125. The topological polar surface area (TPSA) is 113 Å². The molecule has 0 spiro atoms. The van der Waals surface area contributed by atoms with Gasteiger partial charge >= 0.3 is 0 Å². The number of rotatable bonds is 6. The maximum absolute atomic E-state index is 14.2. The van der Waals surface area contributed by atoms with Gasteiger partial charge in [-0.25, -0.2) is 18.2 Å². The number of nitrogens with zero attached hydrogens (tertiary/aromatic N) is 2. The standard InChI is InChI=1S/C22H15ClF3N5O3/c1-10-28-20(11-4-2-3-5-14(11)24)18(34-10)9-27-22(33)17-8-19(31-30-17)29-21(32)12-6-15(25)16(26)7-13(12)23/h2-8H,9H2,1H3,(H,27,33)(H2,29,30,31,32). The molecule has 0 unspecified atom stereocenters. The molecule has 174 valence electrons. The van der Waals surface area contributed by atoms with Crippen LogP contribution >= 0.6 is 11.6 Å². The number of carbonyl (C=O) groups excluding carboxylic acids is 2. The Balaban J connectivity index is 1.44. The van der Waals surface area contributed by atoms with Crippen LogP contribution < -0.4 is 10.6 Å². The summed E-state index contributed by atoms with van der Waals surface area (Å²) in [6, 6.07) is 8.58. The van der Waals surface area contributed by atoms with E-state index < -0.39 is 29.3 Å². The average molecular weight is 490 g/mol. The summed E-state index contributed by atoms with van der Waals surface area (Å²) in [5, 5.41) is 10.9. The molecule has 34 heavy (non-hydrogen) atoms. The maximum atomic E-state index is 14.2. The highest BCUT2D eigenvalue weighted by Crippen LogP contribution is 2.26. The molecule has 0 atom stereocenters. The molecule has 2 heterocycles. The van der Waals surface area contributed by atoms with E-state index in [1.807, 2.05) is 0 Å². The Morgan fingerprint density at radius 1 is 1.06 bits per heavy atom. The lowest BCUT2D eigenvalue weighted by molar-refractivity contribution is 0.0942. The molecule has 4 rings (SSSR count). The fourth-order valence-electron chi connectivity index (χ4n) is 3.09. The molecular formula is C22H15ClF3N5O3. The Hall–Kier alpha value is -4.12. The van der Waals surface area contributed by atoms with E-state index in [1.165, 1.54) is 12.1 Å². The van der Waals surface area contributed by atoms with E-state index in [-0.39, 0.29) is 45.7 Å². The van der Waals surface area contributed by atoms with Crippen LogP contribution in [0.15, 0.2) is 46.9 Å². The number of aromatic amines is 1. The Morgan fingerprint density at radius 2 is 1.79 bits per heavy atom. The van der Waals surface area contributed by atoms with Gasteiger partial charge in [-0.15, -0.1) is 0 Å². The molecule has 0 saturated carbocycles. The zero-order valence-electron chi connectivity index (χ0n) is 17.4. The van der Waals surface area contributed by atoms with Crippen LogP contribution in [0.3, 0.4) is 0 Å². The van der Waals surface area contributed by atoms with Gasteiger partial charge in [-0.05, 0) is 24.3 Å². The van der Waals surface area contributed by atoms with Gasteiger partial charge in [-0.1, -0.05) is 23.7 Å². The van der Waals surface area contributed by atoms with E-state index in [9.17, 15) is 22.8 Å². The third-order valence-corrected chi connectivity index (χ3v) is 4.97. The zero-order valence-corrected chi connectivity index (χ0v) is 18.1. The molecule has 2 aromatic carbocycles. The van der Waals surface area contributed by atoms with E-state index in [0.29, 0.717) is 18.0 Å². The van der Waals surface area contributed by atoms with Crippen molar-refractivity contribution in [2.45, 2.75) is 13.5 Å². The molecule has 0 saturated heterocycles. The number of hydrogen-bond acceptors (Lipinski definition) is 5. The van der Waals surface area contributed by atoms with Gasteiger partial charge in [0.1, 0.15) is 17.3 Å². The molecule has 0 aliphatic carbocycles. The number of anilines is 1. The average Bonchev–Trinajstić information content (AvgIpc) is 3.41. The van der Waals surface area contributed by atoms with Crippen LogP contribution in [-0.4, -0.2) is 27.0 Å². The number of amides is 2. The Bertz CT molecular complexity index is 1400. The highest BCUT2D eigenvalue weighted by Gasteiger charge is 2.20. The molecule has 8 nitrogen and oxygen atoms in total. The summed E-state index contributed by atoms with van der Waals surface area (Å²) < 4.78 is 46.3. The third-order valence-electron chi connectivity index (χ3n) is 4.66. The molecule has 3 N–H and O–H groups in total. The smallest absolute Gasteiger partial charge is 0.272 e. The van der Waals surface area contributed by atoms with Gasteiger partial charge < -0.3 is 15.1 Å². The van der Waals surface area contributed by atoms with Crippen molar-refractivity contribution in [3.8, 4) is 11.3 Å². The number of oxazole rings is 1. The first-order valence-electron chi connectivity index (χ1n) is 9.73. The molecule has 2 amide bonds. The summed E-state index contributed by atoms with van der Waals surface area (Å²) in [4.78, 5) is 29.0. The molecule has 4 aromatic rings. The first-order valence-corrected chi connectivity index (χ1v) is 10.1. The Labute approximate surface area is 195 Å². The quantitative estimate of drug-likeness (QED) is 0.342. The molecule has 0 radical (unpaired) electrons. The minimum Gasteiger partial charge on any atom is -0.443 e. The number of aromatic nitrogens is 3. The highest BCUT2D eigenvalue weighted by atomic mass is 35.5. The molecule has 12 heteroatoms. The van der Waals surface area contributed by atoms with Crippen molar-refractivity contribution in [3.63, 3.8) is 0 Å². The van der Waals surface area contributed by atoms with E-state index in [2.05, 4.69) is 25.8 Å². The predicted molar refractivity (Wildman–Crippen MR) is 116 cm³/mol. The zero-order chi connectivity index (χ0) is 24.4. The molecular weight excluding hydrogens is 475 g/mol. The number of benzene rings is 2. The second kappa shape index (κ2) is 9.40. The van der Waals surface area contributed by atoms with Crippen LogP contribution in [0.4, 0.5) is 19.0 Å². The summed E-state index contributed by atoms with van der Waals surface area (Å²) in [5.74, 6) is -3.84. The van der Waals surface area contributed by atoms with Crippen LogP contribution in [-0.2, 0) is 6.54 Å². The molecule has 0 fully saturated rings. The van der Waals surface area contributed by atoms with Crippen LogP contribution in [0, 0.1) is 24.4 Å². The van der Waals surface area contributed by atoms with Crippen molar-refractivity contribution in [1.29, 1.82) is 0 Å². The van der Waals surface area contributed by atoms with Crippen LogP contribution in [0.25, 0.3) is 11.3 Å². The van der Waals surface area contributed by atoms with Gasteiger partial charge in [-0.2, -0.15) is 5.10 Å². The third kappa shape index (κ3) is 4.79. The van der Waals surface area contributed by atoms with Gasteiger partial charge in [0.25, 0.3) is 11.8 Å². The van der Waals surface area contributed by atoms with Crippen molar-refractivity contribution in [2.24, 2.45) is 0 Å². The van der Waals surface area contributed by atoms with Crippen LogP contribution in [0.1, 0.15) is 32.5 Å². The second-order valence-electron chi connectivity index (χ2n) is 7.03. The normalized spacial score (nSPS) is 10.9. The molecule has 0 aliphatic rings.